The van der Waals surface area contributed by atoms with Crippen LogP contribution >= 0.6 is 0 Å². The van der Waals surface area contributed by atoms with Crippen molar-refractivity contribution in [2.75, 3.05) is 0 Å². The summed E-state index contributed by atoms with van der Waals surface area (Å²) in [4.78, 5) is 11.9. The average Bonchev–Trinajstić information content (AvgIpc) is 2.82. The van der Waals surface area contributed by atoms with Crippen LogP contribution < -0.4 is 5.56 Å². The summed E-state index contributed by atoms with van der Waals surface area (Å²) in [6, 6.07) is 16.5. The van der Waals surface area contributed by atoms with E-state index in [2.05, 4.69) is 30.3 Å². The summed E-state index contributed by atoms with van der Waals surface area (Å²) >= 11 is 0. The first-order chi connectivity index (χ1) is 8.84. The predicted molar refractivity (Wildman–Crippen MR) is 72.8 cm³/mol. The van der Waals surface area contributed by atoms with E-state index in [1.54, 1.807) is 6.07 Å². The summed E-state index contributed by atoms with van der Waals surface area (Å²) in [5.41, 5.74) is 2.71. The van der Waals surface area contributed by atoms with Crippen LogP contribution in [0, 0.1) is 0 Å². The summed E-state index contributed by atoms with van der Waals surface area (Å²) in [6.45, 7) is 0. The number of pyridine rings is 1. The molecule has 0 saturated heterocycles. The molecular formula is C16H17NO. The number of benzene rings is 1. The highest BCUT2D eigenvalue weighted by Crippen LogP contribution is 2.27. The van der Waals surface area contributed by atoms with Gasteiger partial charge in [-0.3, -0.25) is 4.79 Å². The van der Waals surface area contributed by atoms with Crippen LogP contribution in [-0.2, 0) is 12.8 Å². The normalized spacial score (nSPS) is 17.7. The first kappa shape index (κ1) is 11.3. The van der Waals surface area contributed by atoms with E-state index in [4.69, 9.17) is 0 Å². The molecule has 0 bridgehead atoms. The van der Waals surface area contributed by atoms with Crippen LogP contribution in [-0.4, -0.2) is 4.57 Å². The average molecular weight is 239 g/mol. The molecule has 2 nitrogen and oxygen atoms in total. The quantitative estimate of drug-likeness (QED) is 0.807. The van der Waals surface area contributed by atoms with Gasteiger partial charge in [-0.15, -0.1) is 0 Å². The molecule has 2 heterocycles. The van der Waals surface area contributed by atoms with Crippen molar-refractivity contribution in [2.24, 2.45) is 0 Å². The Bertz CT molecular complexity index is 586. The van der Waals surface area contributed by atoms with Gasteiger partial charge in [0.1, 0.15) is 0 Å². The maximum absolute atomic E-state index is 11.9. The Morgan fingerprint density at radius 1 is 1.06 bits per heavy atom. The lowest BCUT2D eigenvalue weighted by Crippen LogP contribution is -2.22. The first-order valence-corrected chi connectivity index (χ1v) is 6.59. The smallest absolute Gasteiger partial charge is 0.250 e. The third kappa shape index (κ3) is 2.10. The van der Waals surface area contributed by atoms with Crippen molar-refractivity contribution in [1.29, 1.82) is 0 Å². The molecule has 0 N–H and O–H groups in total. The number of aryl methyl sites for hydroxylation is 2. The highest BCUT2D eigenvalue weighted by molar-refractivity contribution is 5.16. The Morgan fingerprint density at radius 3 is 2.72 bits per heavy atom. The molecule has 0 saturated carbocycles. The van der Waals surface area contributed by atoms with Crippen LogP contribution in [0.3, 0.4) is 0 Å². The second kappa shape index (κ2) is 4.81. The lowest BCUT2D eigenvalue weighted by atomic mass is 10.0. The van der Waals surface area contributed by atoms with E-state index in [0.717, 1.165) is 25.7 Å². The van der Waals surface area contributed by atoms with Gasteiger partial charge in [0.2, 0.25) is 0 Å². The van der Waals surface area contributed by atoms with Crippen LogP contribution in [0.1, 0.15) is 30.1 Å². The zero-order chi connectivity index (χ0) is 12.4. The second-order valence-electron chi connectivity index (χ2n) is 4.94. The maximum atomic E-state index is 11.9. The largest absolute Gasteiger partial charge is 0.310 e. The molecule has 18 heavy (non-hydrogen) atoms. The van der Waals surface area contributed by atoms with Crippen molar-refractivity contribution >= 4 is 0 Å². The fourth-order valence-electron chi connectivity index (χ4n) is 2.86. The van der Waals surface area contributed by atoms with Crippen LogP contribution in [0.2, 0.25) is 0 Å². The van der Waals surface area contributed by atoms with Gasteiger partial charge in [-0.25, -0.2) is 0 Å². The molecule has 1 aliphatic heterocycles. The summed E-state index contributed by atoms with van der Waals surface area (Å²) in [5, 5.41) is 0. The minimum absolute atomic E-state index is 0.156. The van der Waals surface area contributed by atoms with Gasteiger partial charge in [0.25, 0.3) is 5.56 Å². The van der Waals surface area contributed by atoms with E-state index in [1.165, 1.54) is 11.3 Å². The molecule has 1 unspecified atom stereocenters. The molecule has 1 aromatic carbocycles. The zero-order valence-corrected chi connectivity index (χ0v) is 10.4. The van der Waals surface area contributed by atoms with Crippen molar-refractivity contribution in [3.05, 3.63) is 70.1 Å². The summed E-state index contributed by atoms with van der Waals surface area (Å²) in [6.07, 6.45) is 4.24. The molecule has 0 aliphatic carbocycles. The molecule has 92 valence electrons. The molecule has 0 spiro atoms. The number of hydrogen-bond acceptors (Lipinski definition) is 1. The van der Waals surface area contributed by atoms with Gasteiger partial charge >= 0.3 is 0 Å². The number of aromatic nitrogens is 1. The van der Waals surface area contributed by atoms with Crippen LogP contribution in [0.5, 0.6) is 0 Å². The molecule has 1 aromatic heterocycles. The van der Waals surface area contributed by atoms with E-state index in [1.807, 2.05) is 16.7 Å². The van der Waals surface area contributed by atoms with Gasteiger partial charge in [-0.1, -0.05) is 36.4 Å². The minimum atomic E-state index is 0.156. The number of fused-ring (bicyclic) bond motifs is 1. The molecule has 2 heteroatoms. The van der Waals surface area contributed by atoms with Crippen molar-refractivity contribution in [1.82, 2.24) is 4.57 Å². The fourth-order valence-corrected chi connectivity index (χ4v) is 2.86. The zero-order valence-electron chi connectivity index (χ0n) is 10.4. The predicted octanol–water partition coefficient (Wildman–Crippen LogP) is 2.97. The molecule has 0 radical (unpaired) electrons. The van der Waals surface area contributed by atoms with E-state index >= 15 is 0 Å². The van der Waals surface area contributed by atoms with Crippen molar-refractivity contribution in [2.45, 2.75) is 31.7 Å². The van der Waals surface area contributed by atoms with Crippen LogP contribution in [0.15, 0.2) is 53.3 Å². The standard InChI is InChI=1S/C16H17NO/c18-16-8-4-7-14-11-12-15(17(14)16)10-9-13-5-2-1-3-6-13/h1-8,15H,9-12H2. The van der Waals surface area contributed by atoms with E-state index < -0.39 is 0 Å². The summed E-state index contributed by atoms with van der Waals surface area (Å²) in [5.74, 6) is 0. The fraction of sp³-hybridized carbons (Fsp3) is 0.312. The van der Waals surface area contributed by atoms with Gasteiger partial charge in [0.05, 0.1) is 0 Å². The molecular weight excluding hydrogens is 222 g/mol. The first-order valence-electron chi connectivity index (χ1n) is 6.59. The van der Waals surface area contributed by atoms with Gasteiger partial charge in [-0.05, 0) is 37.3 Å². The molecule has 1 aliphatic rings. The Hall–Kier alpha value is -1.83. The monoisotopic (exact) mass is 239 g/mol. The van der Waals surface area contributed by atoms with Crippen molar-refractivity contribution in [3.63, 3.8) is 0 Å². The number of rotatable bonds is 3. The minimum Gasteiger partial charge on any atom is -0.310 e. The summed E-state index contributed by atoms with van der Waals surface area (Å²) < 4.78 is 1.99. The Kier molecular flexibility index (Phi) is 3.01. The van der Waals surface area contributed by atoms with Crippen LogP contribution in [0.25, 0.3) is 0 Å². The van der Waals surface area contributed by atoms with Crippen LogP contribution in [0.4, 0.5) is 0 Å². The molecule has 0 amide bonds. The Balaban J connectivity index is 1.76. The van der Waals surface area contributed by atoms with Gasteiger partial charge in [0, 0.05) is 17.8 Å². The van der Waals surface area contributed by atoms with Crippen molar-refractivity contribution in [3.8, 4) is 0 Å². The summed E-state index contributed by atoms with van der Waals surface area (Å²) in [7, 11) is 0. The Morgan fingerprint density at radius 2 is 1.89 bits per heavy atom. The molecule has 0 fully saturated rings. The topological polar surface area (TPSA) is 22.0 Å². The third-order valence-corrected chi connectivity index (χ3v) is 3.78. The molecule has 1 atom stereocenters. The number of hydrogen-bond donors (Lipinski definition) is 0. The lowest BCUT2D eigenvalue weighted by Gasteiger charge is -2.14. The highest BCUT2D eigenvalue weighted by Gasteiger charge is 2.21. The van der Waals surface area contributed by atoms with Gasteiger partial charge in [-0.2, -0.15) is 0 Å². The highest BCUT2D eigenvalue weighted by atomic mass is 16.1. The lowest BCUT2D eigenvalue weighted by molar-refractivity contribution is 0.478. The van der Waals surface area contributed by atoms with Gasteiger partial charge in [0.15, 0.2) is 0 Å². The second-order valence-corrected chi connectivity index (χ2v) is 4.94. The van der Waals surface area contributed by atoms with E-state index in [-0.39, 0.29) is 5.56 Å². The van der Waals surface area contributed by atoms with E-state index in [0.29, 0.717) is 6.04 Å². The molecule has 2 aromatic rings. The third-order valence-electron chi connectivity index (χ3n) is 3.78. The van der Waals surface area contributed by atoms with E-state index in [9.17, 15) is 4.79 Å². The van der Waals surface area contributed by atoms with Crippen molar-refractivity contribution < 1.29 is 0 Å². The van der Waals surface area contributed by atoms with Gasteiger partial charge < -0.3 is 4.57 Å². The Labute approximate surface area is 107 Å². The number of nitrogens with zero attached hydrogens (tertiary/aromatic N) is 1. The maximum Gasteiger partial charge on any atom is 0.250 e. The molecule has 3 rings (SSSR count). The SMILES string of the molecule is O=c1cccc2n1C(CCc1ccccc1)CC2.